The number of carbonyl (C=O) groups excluding carboxylic acids is 4. The largest absolute Gasteiger partial charge is 0.350 e. The molecular weight excluding hydrogens is 570 g/mol. The van der Waals surface area contributed by atoms with Crippen LogP contribution in [0.2, 0.25) is 5.02 Å². The summed E-state index contributed by atoms with van der Waals surface area (Å²) in [6.07, 6.45) is 6.40. The lowest BCUT2D eigenvalue weighted by molar-refractivity contribution is -0.130. The minimum atomic E-state index is -0.888. The normalized spacial score (nSPS) is 14.7. The van der Waals surface area contributed by atoms with Crippen LogP contribution in [0.3, 0.4) is 0 Å². The molecule has 0 radical (unpaired) electrons. The molecule has 43 heavy (non-hydrogen) atoms. The summed E-state index contributed by atoms with van der Waals surface area (Å²) in [5.41, 5.74) is 1.80. The van der Waals surface area contributed by atoms with Gasteiger partial charge in [0, 0.05) is 43.0 Å². The fourth-order valence-electron chi connectivity index (χ4n) is 4.75. The molecule has 11 nitrogen and oxygen atoms in total. The number of nitrogens with zero attached hydrogens (tertiary/aromatic N) is 3. The standard InChI is InChI=1S/C31H36ClN7O4/c1-21(36-31(43)39-17-13-23(14-18-39)29(41)38-27-20-33-15-16-34-27)28(40)37-26(12-11-22-7-3-2-4-8-22)30(42)35-19-24-9-5-6-10-25(24)32/h2-10,15-16,20-21,23,26H,11-14,17-19H2,1H3,(H,35,42)(H,36,43)(H,37,40)(H,34,38,41)/t21-,26-/m0/s1. The molecule has 4 N–H and O–H groups in total. The first kappa shape index (κ1) is 31.4. The lowest BCUT2D eigenvalue weighted by Gasteiger charge is -2.32. The first-order valence-electron chi connectivity index (χ1n) is 14.3. The Kier molecular flexibility index (Phi) is 11.4. The lowest BCUT2D eigenvalue weighted by atomic mass is 9.96. The van der Waals surface area contributed by atoms with E-state index in [-0.39, 0.29) is 24.3 Å². The Balaban J connectivity index is 1.28. The zero-order valence-electron chi connectivity index (χ0n) is 24.0. The second-order valence-electron chi connectivity index (χ2n) is 10.4. The highest BCUT2D eigenvalue weighted by Crippen LogP contribution is 2.19. The van der Waals surface area contributed by atoms with E-state index in [2.05, 4.69) is 31.2 Å². The van der Waals surface area contributed by atoms with Crippen LogP contribution in [0.5, 0.6) is 0 Å². The van der Waals surface area contributed by atoms with E-state index in [0.29, 0.717) is 49.6 Å². The van der Waals surface area contributed by atoms with E-state index in [1.165, 1.54) is 18.6 Å². The maximum absolute atomic E-state index is 13.2. The number of amides is 5. The predicted octanol–water partition coefficient (Wildman–Crippen LogP) is 3.31. The third-order valence-electron chi connectivity index (χ3n) is 7.31. The zero-order chi connectivity index (χ0) is 30.6. The van der Waals surface area contributed by atoms with E-state index in [4.69, 9.17) is 11.6 Å². The smallest absolute Gasteiger partial charge is 0.318 e. The van der Waals surface area contributed by atoms with Crippen molar-refractivity contribution in [3.8, 4) is 0 Å². The number of anilines is 1. The van der Waals surface area contributed by atoms with Crippen LogP contribution in [-0.4, -0.2) is 63.8 Å². The van der Waals surface area contributed by atoms with Gasteiger partial charge in [0.15, 0.2) is 5.82 Å². The third kappa shape index (κ3) is 9.50. The van der Waals surface area contributed by atoms with Gasteiger partial charge in [-0.25, -0.2) is 9.78 Å². The molecule has 1 aliphatic rings. The molecule has 1 fully saturated rings. The summed E-state index contributed by atoms with van der Waals surface area (Å²) in [5, 5.41) is 11.7. The third-order valence-corrected chi connectivity index (χ3v) is 7.68. The van der Waals surface area contributed by atoms with Crippen molar-refractivity contribution >= 4 is 41.2 Å². The number of hydrogen-bond acceptors (Lipinski definition) is 6. The van der Waals surface area contributed by atoms with E-state index in [0.717, 1.165) is 11.1 Å². The Morgan fingerprint density at radius 2 is 1.67 bits per heavy atom. The molecular formula is C31H36ClN7O4. The van der Waals surface area contributed by atoms with Gasteiger partial charge in [-0.3, -0.25) is 19.4 Å². The molecule has 0 bridgehead atoms. The maximum Gasteiger partial charge on any atom is 0.318 e. The summed E-state index contributed by atoms with van der Waals surface area (Å²) >= 11 is 6.23. The Labute approximate surface area is 255 Å². The number of nitrogens with one attached hydrogen (secondary N) is 4. The van der Waals surface area contributed by atoms with Crippen molar-refractivity contribution in [3.63, 3.8) is 0 Å². The molecule has 12 heteroatoms. The summed E-state index contributed by atoms with van der Waals surface area (Å²) < 4.78 is 0. The second kappa shape index (κ2) is 15.6. The fourth-order valence-corrected chi connectivity index (χ4v) is 4.95. The van der Waals surface area contributed by atoms with Crippen LogP contribution in [0.4, 0.5) is 10.6 Å². The zero-order valence-corrected chi connectivity index (χ0v) is 24.7. The van der Waals surface area contributed by atoms with Crippen molar-refractivity contribution in [3.05, 3.63) is 89.3 Å². The van der Waals surface area contributed by atoms with Crippen LogP contribution < -0.4 is 21.3 Å². The van der Waals surface area contributed by atoms with Crippen molar-refractivity contribution in [2.45, 2.75) is 51.2 Å². The molecule has 2 heterocycles. The quantitative estimate of drug-likeness (QED) is 0.264. The molecule has 1 aliphatic heterocycles. The van der Waals surface area contributed by atoms with Gasteiger partial charge in [0.25, 0.3) is 0 Å². The molecule has 2 atom stereocenters. The highest BCUT2D eigenvalue weighted by Gasteiger charge is 2.30. The Morgan fingerprint density at radius 3 is 2.37 bits per heavy atom. The average Bonchev–Trinajstić information content (AvgIpc) is 3.03. The van der Waals surface area contributed by atoms with Gasteiger partial charge in [-0.05, 0) is 49.8 Å². The van der Waals surface area contributed by atoms with Gasteiger partial charge in [-0.2, -0.15) is 0 Å². The number of urea groups is 1. The first-order valence-corrected chi connectivity index (χ1v) is 14.7. The minimum Gasteiger partial charge on any atom is -0.350 e. The van der Waals surface area contributed by atoms with E-state index < -0.39 is 24.0 Å². The van der Waals surface area contributed by atoms with Crippen LogP contribution in [0, 0.1) is 5.92 Å². The number of hydrogen-bond donors (Lipinski definition) is 4. The van der Waals surface area contributed by atoms with E-state index >= 15 is 0 Å². The highest BCUT2D eigenvalue weighted by atomic mass is 35.5. The van der Waals surface area contributed by atoms with Gasteiger partial charge in [-0.1, -0.05) is 60.1 Å². The molecule has 1 saturated heterocycles. The van der Waals surface area contributed by atoms with Crippen LogP contribution >= 0.6 is 11.6 Å². The number of aromatic nitrogens is 2. The number of halogens is 1. The Hall–Kier alpha value is -4.51. The summed E-state index contributed by atoms with van der Waals surface area (Å²) in [6, 6.07) is 14.8. The molecule has 226 valence electrons. The number of piperidine rings is 1. The number of likely N-dealkylation sites (tertiary alicyclic amines) is 1. The molecule has 4 rings (SSSR count). The van der Waals surface area contributed by atoms with Crippen LogP contribution in [-0.2, 0) is 27.3 Å². The predicted molar refractivity (Wildman–Crippen MR) is 163 cm³/mol. The van der Waals surface area contributed by atoms with Crippen molar-refractivity contribution in [2.75, 3.05) is 18.4 Å². The van der Waals surface area contributed by atoms with Crippen LogP contribution in [0.15, 0.2) is 73.2 Å². The second-order valence-corrected chi connectivity index (χ2v) is 10.8. The summed E-state index contributed by atoms with van der Waals surface area (Å²) in [4.78, 5) is 61.4. The molecule has 3 aromatic rings. The molecule has 5 amide bonds. The van der Waals surface area contributed by atoms with Crippen LogP contribution in [0.25, 0.3) is 0 Å². The molecule has 0 unspecified atom stereocenters. The summed E-state index contributed by atoms with van der Waals surface area (Å²) in [5.74, 6) is -0.863. The average molecular weight is 606 g/mol. The summed E-state index contributed by atoms with van der Waals surface area (Å²) in [6.45, 7) is 2.52. The summed E-state index contributed by atoms with van der Waals surface area (Å²) in [7, 11) is 0. The van der Waals surface area contributed by atoms with Gasteiger partial charge in [-0.15, -0.1) is 0 Å². The number of carbonyl (C=O) groups is 4. The number of benzene rings is 2. The minimum absolute atomic E-state index is 0.164. The first-order chi connectivity index (χ1) is 20.8. The fraction of sp³-hybridized carbons (Fsp3) is 0.355. The molecule has 2 aromatic carbocycles. The SMILES string of the molecule is C[C@H](NC(=O)N1CCC(C(=O)Nc2cnccn2)CC1)C(=O)N[C@@H](CCc1ccccc1)C(=O)NCc1ccccc1Cl. The van der Waals surface area contributed by atoms with Crippen molar-refractivity contribution in [1.82, 2.24) is 30.8 Å². The van der Waals surface area contributed by atoms with E-state index in [1.54, 1.807) is 17.9 Å². The van der Waals surface area contributed by atoms with Gasteiger partial charge in [0.05, 0.1) is 6.20 Å². The van der Waals surface area contributed by atoms with E-state index in [9.17, 15) is 19.2 Å². The Bertz CT molecular complexity index is 1390. The van der Waals surface area contributed by atoms with Crippen LogP contribution in [0.1, 0.15) is 37.3 Å². The lowest BCUT2D eigenvalue weighted by Crippen LogP contribution is -2.55. The number of rotatable bonds is 11. The molecule has 0 spiro atoms. The highest BCUT2D eigenvalue weighted by molar-refractivity contribution is 6.31. The van der Waals surface area contributed by atoms with Crippen molar-refractivity contribution in [2.24, 2.45) is 5.92 Å². The van der Waals surface area contributed by atoms with E-state index in [1.807, 2.05) is 48.5 Å². The van der Waals surface area contributed by atoms with Gasteiger partial charge >= 0.3 is 6.03 Å². The van der Waals surface area contributed by atoms with Gasteiger partial charge in [0.2, 0.25) is 17.7 Å². The van der Waals surface area contributed by atoms with Crippen molar-refractivity contribution < 1.29 is 19.2 Å². The molecule has 0 saturated carbocycles. The molecule has 1 aromatic heterocycles. The monoisotopic (exact) mass is 605 g/mol. The maximum atomic E-state index is 13.2. The Morgan fingerprint density at radius 1 is 0.953 bits per heavy atom. The molecule has 0 aliphatic carbocycles. The topological polar surface area (TPSA) is 145 Å². The van der Waals surface area contributed by atoms with Gasteiger partial charge < -0.3 is 26.2 Å². The van der Waals surface area contributed by atoms with Crippen molar-refractivity contribution in [1.29, 1.82) is 0 Å². The number of aryl methyl sites for hydroxylation is 1. The van der Waals surface area contributed by atoms with Gasteiger partial charge in [0.1, 0.15) is 12.1 Å².